The Morgan fingerprint density at radius 2 is 2.62 bits per heavy atom. The van der Waals surface area contributed by atoms with Crippen LogP contribution in [0, 0.1) is 0 Å². The highest BCUT2D eigenvalue weighted by atomic mass is 31.0. The molecule has 0 amide bonds. The average molecular weight is 125 g/mol. The third-order valence-corrected chi connectivity index (χ3v) is 1.33. The molecule has 0 spiro atoms. The fourth-order valence-corrected chi connectivity index (χ4v) is 0.763. The summed E-state index contributed by atoms with van der Waals surface area (Å²) in [5, 5.41) is 2.94. The van der Waals surface area contributed by atoms with Crippen LogP contribution in [0.25, 0.3) is 0 Å². The van der Waals surface area contributed by atoms with Crippen molar-refractivity contribution < 1.29 is 0 Å². The van der Waals surface area contributed by atoms with Crippen molar-refractivity contribution in [3.8, 4) is 0 Å². The Hall–Kier alpha value is -0.510. The minimum Gasteiger partial charge on any atom is -0.366 e. The Bertz CT molecular complexity index is 163. The fourth-order valence-electron chi connectivity index (χ4n) is 0.562. The molecule has 1 aliphatic carbocycles. The molecule has 1 rings (SSSR count). The lowest BCUT2D eigenvalue weighted by molar-refractivity contribution is 1.09. The van der Waals surface area contributed by atoms with Crippen LogP contribution < -0.4 is 5.09 Å². The monoisotopic (exact) mass is 125 g/mol. The highest BCUT2D eigenvalue weighted by molar-refractivity contribution is 7.14. The maximum absolute atomic E-state index is 3.04. The minimum atomic E-state index is 0.972. The van der Waals surface area contributed by atoms with Gasteiger partial charge in [0, 0.05) is 6.42 Å². The van der Waals surface area contributed by atoms with E-state index >= 15 is 0 Å². The van der Waals surface area contributed by atoms with Crippen LogP contribution in [0.5, 0.6) is 0 Å². The van der Waals surface area contributed by atoms with E-state index in [1.165, 1.54) is 0 Å². The van der Waals surface area contributed by atoms with E-state index < -0.39 is 0 Å². The van der Waals surface area contributed by atoms with Crippen LogP contribution in [-0.2, 0) is 0 Å². The quantitative estimate of drug-likeness (QED) is 0.412. The van der Waals surface area contributed by atoms with Gasteiger partial charge in [-0.25, -0.2) is 0 Å². The number of rotatable bonds is 1. The third-order valence-electron chi connectivity index (χ3n) is 0.986. The first-order valence-corrected chi connectivity index (χ1v) is 3.08. The number of allylic oxidation sites excluding steroid dienone is 2. The number of hydrogen-bond donors (Lipinski definition) is 1. The van der Waals surface area contributed by atoms with Crippen molar-refractivity contribution in [2.75, 3.05) is 0 Å². The fraction of sp³-hybridized carbons (Fsp3) is 0.167. The summed E-state index contributed by atoms with van der Waals surface area (Å²) in [6.45, 7) is 0. The van der Waals surface area contributed by atoms with E-state index in [9.17, 15) is 0 Å². The molecule has 2 heteroatoms. The van der Waals surface area contributed by atoms with E-state index in [2.05, 4.69) is 26.3 Å². The summed E-state index contributed by atoms with van der Waals surface area (Å²) in [6, 6.07) is 0. The predicted octanol–water partition coefficient (Wildman–Crippen LogP) is 1.36. The van der Waals surface area contributed by atoms with Gasteiger partial charge in [0.1, 0.15) is 0 Å². The first-order chi connectivity index (χ1) is 3.93. The highest BCUT2D eigenvalue weighted by Gasteiger charge is 1.87. The van der Waals surface area contributed by atoms with E-state index in [4.69, 9.17) is 0 Å². The van der Waals surface area contributed by atoms with E-state index in [0.717, 1.165) is 12.1 Å². The van der Waals surface area contributed by atoms with Crippen molar-refractivity contribution >= 4 is 9.39 Å². The largest absolute Gasteiger partial charge is 0.366 e. The Morgan fingerprint density at radius 1 is 1.75 bits per heavy atom. The van der Waals surface area contributed by atoms with Gasteiger partial charge < -0.3 is 5.09 Å². The van der Waals surface area contributed by atoms with Crippen LogP contribution in [0.1, 0.15) is 6.42 Å². The summed E-state index contributed by atoms with van der Waals surface area (Å²) >= 11 is 0. The lowest BCUT2D eigenvalue weighted by Gasteiger charge is -1.99. The lowest BCUT2D eigenvalue weighted by atomic mass is 10.2. The van der Waals surface area contributed by atoms with Crippen molar-refractivity contribution in [2.24, 2.45) is 0 Å². The molecular formula is C6H8NP. The zero-order valence-corrected chi connectivity index (χ0v) is 5.67. The van der Waals surface area contributed by atoms with Crippen molar-refractivity contribution in [1.82, 2.24) is 5.09 Å². The molecule has 0 saturated heterocycles. The summed E-state index contributed by atoms with van der Waals surface area (Å²) in [4.78, 5) is 0. The molecule has 8 heavy (non-hydrogen) atoms. The van der Waals surface area contributed by atoms with Crippen LogP contribution in [0.15, 0.2) is 29.7 Å². The maximum atomic E-state index is 3.04. The van der Waals surface area contributed by atoms with Crippen molar-refractivity contribution in [3.63, 3.8) is 0 Å². The normalized spacial score (nSPS) is 15.9. The van der Waals surface area contributed by atoms with E-state index in [1.807, 2.05) is 12.2 Å². The van der Waals surface area contributed by atoms with Gasteiger partial charge in [0.15, 0.2) is 0 Å². The molecule has 1 unspecified atom stereocenters. The van der Waals surface area contributed by atoms with Gasteiger partial charge in [0.25, 0.3) is 0 Å². The SMILES string of the molecule is PNC1=C=CC=CC1. The summed E-state index contributed by atoms with van der Waals surface area (Å²) < 4.78 is 0. The molecule has 0 aromatic carbocycles. The summed E-state index contributed by atoms with van der Waals surface area (Å²) in [5.41, 5.74) is 4.16. The van der Waals surface area contributed by atoms with Crippen LogP contribution in [0.4, 0.5) is 0 Å². The molecule has 0 aromatic rings. The summed E-state index contributed by atoms with van der Waals surface area (Å²) in [6.07, 6.45) is 6.95. The van der Waals surface area contributed by atoms with Crippen molar-refractivity contribution in [2.45, 2.75) is 6.42 Å². The molecule has 0 aromatic heterocycles. The van der Waals surface area contributed by atoms with Crippen LogP contribution in [-0.4, -0.2) is 0 Å². The number of hydrogen-bond acceptors (Lipinski definition) is 1. The van der Waals surface area contributed by atoms with Gasteiger partial charge in [0.05, 0.1) is 5.70 Å². The summed E-state index contributed by atoms with van der Waals surface area (Å²) in [7, 11) is 2.44. The van der Waals surface area contributed by atoms with Crippen LogP contribution in [0.2, 0.25) is 0 Å². The van der Waals surface area contributed by atoms with E-state index in [-0.39, 0.29) is 0 Å². The van der Waals surface area contributed by atoms with Gasteiger partial charge in [-0.3, -0.25) is 0 Å². The molecule has 0 radical (unpaired) electrons. The third kappa shape index (κ3) is 1.23. The molecule has 1 N–H and O–H groups in total. The van der Waals surface area contributed by atoms with Gasteiger partial charge in [-0.05, 0) is 15.5 Å². The maximum Gasteiger partial charge on any atom is 0.0604 e. The van der Waals surface area contributed by atoms with Crippen LogP contribution >= 0.6 is 9.39 Å². The molecule has 0 fully saturated rings. The molecule has 1 aliphatic rings. The Kier molecular flexibility index (Phi) is 1.91. The predicted molar refractivity (Wildman–Crippen MR) is 38.2 cm³/mol. The Labute approximate surface area is 51.4 Å². The summed E-state index contributed by atoms with van der Waals surface area (Å²) in [5.74, 6) is 0. The molecule has 42 valence electrons. The van der Waals surface area contributed by atoms with E-state index in [1.54, 1.807) is 0 Å². The second-order valence-corrected chi connectivity index (χ2v) is 1.85. The van der Waals surface area contributed by atoms with Crippen LogP contribution in [0.3, 0.4) is 0 Å². The Morgan fingerprint density at radius 3 is 3.00 bits per heavy atom. The lowest BCUT2D eigenvalue weighted by Crippen LogP contribution is -1.95. The van der Waals surface area contributed by atoms with E-state index in [0.29, 0.717) is 0 Å². The second kappa shape index (κ2) is 2.71. The molecule has 1 atom stereocenters. The molecule has 1 nitrogen and oxygen atoms in total. The minimum absolute atomic E-state index is 0.972. The standard InChI is InChI=1S/C6H8NP/c8-7-6-4-2-1-3-5-6/h1-3,7H,4,8H2. The average Bonchev–Trinajstić information content (AvgIpc) is 1.90. The molecule has 0 aliphatic heterocycles. The zero-order valence-electron chi connectivity index (χ0n) is 4.52. The molecular weight excluding hydrogens is 117 g/mol. The van der Waals surface area contributed by atoms with Gasteiger partial charge in [-0.2, -0.15) is 0 Å². The Balaban J connectivity index is 2.69. The van der Waals surface area contributed by atoms with Gasteiger partial charge in [-0.15, -0.1) is 0 Å². The first-order valence-electron chi connectivity index (χ1n) is 2.51. The second-order valence-electron chi connectivity index (χ2n) is 1.57. The van der Waals surface area contributed by atoms with Crippen molar-refractivity contribution in [1.29, 1.82) is 0 Å². The first kappa shape index (κ1) is 5.62. The molecule has 0 heterocycles. The molecule has 0 bridgehead atoms. The van der Waals surface area contributed by atoms with Gasteiger partial charge in [0.2, 0.25) is 0 Å². The zero-order chi connectivity index (χ0) is 5.82. The molecule has 0 saturated carbocycles. The van der Waals surface area contributed by atoms with Gasteiger partial charge >= 0.3 is 0 Å². The number of nitrogens with one attached hydrogen (secondary N) is 1. The van der Waals surface area contributed by atoms with Crippen molar-refractivity contribution in [3.05, 3.63) is 29.7 Å². The smallest absolute Gasteiger partial charge is 0.0604 e. The van der Waals surface area contributed by atoms with Gasteiger partial charge in [-0.1, -0.05) is 17.9 Å². The highest BCUT2D eigenvalue weighted by Crippen LogP contribution is 2.02. The topological polar surface area (TPSA) is 12.0 Å².